The van der Waals surface area contributed by atoms with Crippen molar-refractivity contribution in [2.75, 3.05) is 32.6 Å². The molecular weight excluding hydrogens is 256 g/mol. The Morgan fingerprint density at radius 1 is 1.20 bits per heavy atom. The standard InChI is InChI=1S/C15H22N2O3/c1-11(2)17(4)14(18)10-16(3)13-9-7-6-8-12(13)15(19)20-5/h6-9,11H,10H2,1-5H3. The third-order valence-corrected chi connectivity index (χ3v) is 3.26. The lowest BCUT2D eigenvalue weighted by Gasteiger charge is -2.26. The predicted octanol–water partition coefficient (Wildman–Crippen LogP) is 1.78. The minimum atomic E-state index is -0.405. The smallest absolute Gasteiger partial charge is 0.339 e. The van der Waals surface area contributed by atoms with E-state index in [4.69, 9.17) is 4.74 Å². The molecule has 0 aliphatic heterocycles. The summed E-state index contributed by atoms with van der Waals surface area (Å²) in [5.41, 5.74) is 1.14. The average molecular weight is 278 g/mol. The fourth-order valence-electron chi connectivity index (χ4n) is 1.78. The number of ether oxygens (including phenoxy) is 1. The molecule has 0 aliphatic rings. The van der Waals surface area contributed by atoms with Gasteiger partial charge >= 0.3 is 5.97 Å². The minimum Gasteiger partial charge on any atom is -0.465 e. The Kier molecular flexibility index (Phi) is 5.55. The van der Waals surface area contributed by atoms with E-state index in [9.17, 15) is 9.59 Å². The summed E-state index contributed by atoms with van der Waals surface area (Å²) in [7, 11) is 4.90. The summed E-state index contributed by atoms with van der Waals surface area (Å²) in [6.07, 6.45) is 0. The van der Waals surface area contributed by atoms with Crippen LogP contribution in [0.15, 0.2) is 24.3 Å². The van der Waals surface area contributed by atoms with E-state index in [-0.39, 0.29) is 18.5 Å². The fraction of sp³-hybridized carbons (Fsp3) is 0.467. The third-order valence-electron chi connectivity index (χ3n) is 3.26. The molecule has 5 nitrogen and oxygen atoms in total. The Balaban J connectivity index is 2.90. The molecule has 0 saturated carbocycles. The van der Waals surface area contributed by atoms with Crippen LogP contribution in [0.3, 0.4) is 0 Å². The van der Waals surface area contributed by atoms with Gasteiger partial charge in [0.15, 0.2) is 0 Å². The van der Waals surface area contributed by atoms with Gasteiger partial charge in [0.05, 0.1) is 24.9 Å². The van der Waals surface area contributed by atoms with Crippen LogP contribution < -0.4 is 4.90 Å². The number of para-hydroxylation sites is 1. The first-order valence-electron chi connectivity index (χ1n) is 6.52. The van der Waals surface area contributed by atoms with E-state index in [1.807, 2.05) is 19.9 Å². The van der Waals surface area contributed by atoms with Crippen molar-refractivity contribution in [3.8, 4) is 0 Å². The summed E-state index contributed by atoms with van der Waals surface area (Å²) in [5.74, 6) is -0.403. The Labute approximate surface area is 120 Å². The summed E-state index contributed by atoms with van der Waals surface area (Å²) in [6, 6.07) is 7.23. The number of anilines is 1. The number of carbonyl (C=O) groups excluding carboxylic acids is 2. The van der Waals surface area contributed by atoms with Crippen molar-refractivity contribution in [3.63, 3.8) is 0 Å². The maximum atomic E-state index is 12.1. The van der Waals surface area contributed by atoms with Crippen LogP contribution in [0.1, 0.15) is 24.2 Å². The van der Waals surface area contributed by atoms with E-state index < -0.39 is 5.97 Å². The molecule has 1 amide bonds. The number of hydrogen-bond acceptors (Lipinski definition) is 4. The number of rotatable bonds is 5. The van der Waals surface area contributed by atoms with Crippen molar-refractivity contribution in [2.45, 2.75) is 19.9 Å². The number of esters is 1. The largest absolute Gasteiger partial charge is 0.465 e. The van der Waals surface area contributed by atoms with Crippen molar-refractivity contribution < 1.29 is 14.3 Å². The number of likely N-dealkylation sites (N-methyl/N-ethyl adjacent to an activating group) is 2. The fourth-order valence-corrected chi connectivity index (χ4v) is 1.78. The highest BCUT2D eigenvalue weighted by atomic mass is 16.5. The van der Waals surface area contributed by atoms with Crippen molar-refractivity contribution in [1.29, 1.82) is 0 Å². The van der Waals surface area contributed by atoms with E-state index in [1.165, 1.54) is 7.11 Å². The Morgan fingerprint density at radius 2 is 1.80 bits per heavy atom. The molecule has 0 spiro atoms. The monoisotopic (exact) mass is 278 g/mol. The zero-order chi connectivity index (χ0) is 15.3. The molecule has 0 heterocycles. The van der Waals surface area contributed by atoms with Gasteiger partial charge in [0, 0.05) is 20.1 Å². The quantitative estimate of drug-likeness (QED) is 0.770. The van der Waals surface area contributed by atoms with Gasteiger partial charge in [-0.3, -0.25) is 4.79 Å². The number of amides is 1. The number of benzene rings is 1. The number of carbonyl (C=O) groups is 2. The summed E-state index contributed by atoms with van der Waals surface area (Å²) in [5, 5.41) is 0. The lowest BCUT2D eigenvalue weighted by molar-refractivity contribution is -0.129. The Morgan fingerprint density at radius 3 is 2.35 bits per heavy atom. The summed E-state index contributed by atoms with van der Waals surface area (Å²) in [6.45, 7) is 4.13. The molecule has 110 valence electrons. The number of nitrogens with zero attached hydrogens (tertiary/aromatic N) is 2. The lowest BCUT2D eigenvalue weighted by atomic mass is 10.1. The zero-order valence-corrected chi connectivity index (χ0v) is 12.7. The molecule has 1 aromatic rings. The summed E-state index contributed by atoms with van der Waals surface area (Å²) < 4.78 is 4.76. The second-order valence-electron chi connectivity index (χ2n) is 4.96. The molecule has 1 aromatic carbocycles. The van der Waals surface area contributed by atoms with E-state index in [1.54, 1.807) is 42.1 Å². The van der Waals surface area contributed by atoms with Gasteiger partial charge in [-0.15, -0.1) is 0 Å². The molecule has 20 heavy (non-hydrogen) atoms. The van der Waals surface area contributed by atoms with E-state index >= 15 is 0 Å². The normalized spacial score (nSPS) is 10.3. The van der Waals surface area contributed by atoms with Crippen LogP contribution in [0.2, 0.25) is 0 Å². The van der Waals surface area contributed by atoms with Crippen molar-refractivity contribution >= 4 is 17.6 Å². The third kappa shape index (κ3) is 3.73. The van der Waals surface area contributed by atoms with E-state index in [0.717, 1.165) is 0 Å². The van der Waals surface area contributed by atoms with Gasteiger partial charge in [-0.05, 0) is 26.0 Å². The highest BCUT2D eigenvalue weighted by Gasteiger charge is 2.18. The number of methoxy groups -OCH3 is 1. The highest BCUT2D eigenvalue weighted by Crippen LogP contribution is 2.20. The zero-order valence-electron chi connectivity index (χ0n) is 12.7. The second kappa shape index (κ2) is 6.93. The van der Waals surface area contributed by atoms with Crippen LogP contribution in [0.4, 0.5) is 5.69 Å². The first-order chi connectivity index (χ1) is 9.38. The molecule has 0 unspecified atom stereocenters. The van der Waals surface area contributed by atoms with Gasteiger partial charge in [0.1, 0.15) is 0 Å². The first-order valence-corrected chi connectivity index (χ1v) is 6.52. The summed E-state index contributed by atoms with van der Waals surface area (Å²) in [4.78, 5) is 27.2. The minimum absolute atomic E-state index is 0.00201. The SMILES string of the molecule is COC(=O)c1ccccc1N(C)CC(=O)N(C)C(C)C. The highest BCUT2D eigenvalue weighted by molar-refractivity contribution is 5.96. The Bertz CT molecular complexity index is 486. The summed E-state index contributed by atoms with van der Waals surface area (Å²) >= 11 is 0. The number of hydrogen-bond donors (Lipinski definition) is 0. The van der Waals surface area contributed by atoms with Crippen molar-refractivity contribution in [1.82, 2.24) is 4.90 Å². The molecule has 0 fully saturated rings. The van der Waals surface area contributed by atoms with Crippen LogP contribution >= 0.6 is 0 Å². The van der Waals surface area contributed by atoms with Gasteiger partial charge in [-0.2, -0.15) is 0 Å². The lowest BCUT2D eigenvalue weighted by Crippen LogP contribution is -2.40. The molecular formula is C15H22N2O3. The molecule has 5 heteroatoms. The maximum Gasteiger partial charge on any atom is 0.339 e. The molecule has 0 saturated heterocycles. The molecule has 0 aromatic heterocycles. The van der Waals surface area contributed by atoms with Crippen LogP contribution in [-0.4, -0.2) is 50.6 Å². The maximum absolute atomic E-state index is 12.1. The van der Waals surface area contributed by atoms with Crippen molar-refractivity contribution in [3.05, 3.63) is 29.8 Å². The second-order valence-corrected chi connectivity index (χ2v) is 4.96. The molecule has 0 atom stereocenters. The van der Waals surface area contributed by atoms with Crippen molar-refractivity contribution in [2.24, 2.45) is 0 Å². The van der Waals surface area contributed by atoms with Gasteiger partial charge in [-0.1, -0.05) is 12.1 Å². The molecule has 0 radical (unpaired) electrons. The van der Waals surface area contributed by atoms with Gasteiger partial charge in [-0.25, -0.2) is 4.79 Å². The molecule has 0 N–H and O–H groups in total. The Hall–Kier alpha value is -2.04. The molecule has 1 rings (SSSR count). The van der Waals surface area contributed by atoms with Crippen LogP contribution in [-0.2, 0) is 9.53 Å². The van der Waals surface area contributed by atoms with Crippen LogP contribution in [0.5, 0.6) is 0 Å². The van der Waals surface area contributed by atoms with Crippen LogP contribution in [0.25, 0.3) is 0 Å². The van der Waals surface area contributed by atoms with E-state index in [0.29, 0.717) is 11.3 Å². The van der Waals surface area contributed by atoms with Gasteiger partial charge < -0.3 is 14.5 Å². The average Bonchev–Trinajstić information content (AvgIpc) is 2.45. The first kappa shape index (κ1) is 16.0. The molecule has 0 aliphatic carbocycles. The van der Waals surface area contributed by atoms with Crippen LogP contribution in [0, 0.1) is 0 Å². The topological polar surface area (TPSA) is 49.9 Å². The molecule has 0 bridgehead atoms. The van der Waals surface area contributed by atoms with E-state index in [2.05, 4.69) is 0 Å². The van der Waals surface area contributed by atoms with Gasteiger partial charge in [0.2, 0.25) is 5.91 Å². The predicted molar refractivity (Wildman–Crippen MR) is 79.0 cm³/mol. The van der Waals surface area contributed by atoms with Gasteiger partial charge in [0.25, 0.3) is 0 Å².